The van der Waals surface area contributed by atoms with E-state index in [0.717, 1.165) is 35.9 Å². The summed E-state index contributed by atoms with van der Waals surface area (Å²) in [6.07, 6.45) is 15.3. The van der Waals surface area contributed by atoms with Gasteiger partial charge >= 0.3 is 0 Å². The highest BCUT2D eigenvalue weighted by Gasteiger charge is 2.44. The number of thiocarbonyl (C=S) groups is 2. The Labute approximate surface area is 254 Å². The highest BCUT2D eigenvalue weighted by atomic mass is 32.1. The molecule has 2 aromatic carbocycles. The van der Waals surface area contributed by atoms with Gasteiger partial charge in [0.1, 0.15) is 9.98 Å². The van der Waals surface area contributed by atoms with Crippen LogP contribution in [0, 0.1) is 13.8 Å². The lowest BCUT2D eigenvalue weighted by molar-refractivity contribution is 0.516. The number of hydrogen-bond acceptors (Lipinski definition) is 2. The standard InChI is InChI=1S/C36H48N2S2/c1-5-7-9-11-13-15-25-37-33(29-21-17-27(3)18-22-29)31-32(35(37)39)34(30-23-19-28(4)20-24-30)38(36(31)40)26-16-14-12-10-8-6-2/h17-24H,5-16,25-26H2,1-4H3. The quantitative estimate of drug-likeness (QED) is 0.146. The van der Waals surface area contributed by atoms with Crippen molar-refractivity contribution in [1.82, 2.24) is 9.80 Å². The van der Waals surface area contributed by atoms with Gasteiger partial charge in [-0.1, -0.05) is 162 Å². The van der Waals surface area contributed by atoms with Gasteiger partial charge in [0.2, 0.25) is 0 Å². The second kappa shape index (κ2) is 15.1. The van der Waals surface area contributed by atoms with Gasteiger partial charge < -0.3 is 9.80 Å². The maximum Gasteiger partial charge on any atom is 0.116 e. The summed E-state index contributed by atoms with van der Waals surface area (Å²) in [5.41, 5.74) is 9.77. The zero-order valence-electron chi connectivity index (χ0n) is 25.2. The summed E-state index contributed by atoms with van der Waals surface area (Å²) in [5, 5.41) is 0. The summed E-state index contributed by atoms with van der Waals surface area (Å²) in [4.78, 5) is 6.71. The van der Waals surface area contributed by atoms with Gasteiger partial charge in [0.15, 0.2) is 0 Å². The van der Waals surface area contributed by atoms with Crippen molar-refractivity contribution in [3.05, 3.63) is 81.9 Å². The van der Waals surface area contributed by atoms with E-state index >= 15 is 0 Å². The monoisotopic (exact) mass is 572 g/mol. The van der Waals surface area contributed by atoms with Crippen LogP contribution in [0.4, 0.5) is 0 Å². The Morgan fingerprint density at radius 1 is 0.475 bits per heavy atom. The summed E-state index contributed by atoms with van der Waals surface area (Å²) in [7, 11) is 0. The molecule has 2 aliphatic heterocycles. The maximum absolute atomic E-state index is 6.33. The van der Waals surface area contributed by atoms with Crippen LogP contribution in [0.5, 0.6) is 0 Å². The molecule has 4 rings (SSSR count). The average Bonchev–Trinajstić information content (AvgIpc) is 3.40. The van der Waals surface area contributed by atoms with Crippen molar-refractivity contribution < 1.29 is 0 Å². The molecule has 2 nitrogen and oxygen atoms in total. The SMILES string of the molecule is CCCCCCCCN1C(=S)C2=C(c3ccc(C)cc3)N(CCCCCCCC)C(=S)C2=C1c1ccc(C)cc1. The number of benzene rings is 2. The first-order chi connectivity index (χ1) is 19.5. The maximum atomic E-state index is 6.33. The highest BCUT2D eigenvalue weighted by molar-refractivity contribution is 7.81. The van der Waals surface area contributed by atoms with Crippen molar-refractivity contribution in [3.8, 4) is 0 Å². The molecule has 40 heavy (non-hydrogen) atoms. The van der Waals surface area contributed by atoms with Crippen molar-refractivity contribution in [2.45, 2.75) is 105 Å². The third-order valence-corrected chi connectivity index (χ3v) is 9.15. The van der Waals surface area contributed by atoms with Crippen LogP contribution in [0.2, 0.25) is 0 Å². The fraction of sp³-hybridized carbons (Fsp3) is 0.500. The number of rotatable bonds is 16. The molecule has 0 amide bonds. The molecule has 0 aromatic heterocycles. The molecular formula is C36H48N2S2. The third kappa shape index (κ3) is 7.12. The normalized spacial score (nSPS) is 15.2. The predicted octanol–water partition coefficient (Wildman–Crippen LogP) is 10.4. The van der Waals surface area contributed by atoms with E-state index in [2.05, 4.69) is 86.0 Å². The van der Waals surface area contributed by atoms with Gasteiger partial charge in [-0.3, -0.25) is 0 Å². The van der Waals surface area contributed by atoms with Crippen molar-refractivity contribution in [1.29, 1.82) is 0 Å². The van der Waals surface area contributed by atoms with E-state index in [0.29, 0.717) is 0 Å². The lowest BCUT2D eigenvalue weighted by atomic mass is 10.0. The van der Waals surface area contributed by atoms with Crippen LogP contribution < -0.4 is 0 Å². The molecule has 0 atom stereocenters. The number of aryl methyl sites for hydroxylation is 2. The topological polar surface area (TPSA) is 6.48 Å². The largest absolute Gasteiger partial charge is 0.331 e. The molecule has 2 heterocycles. The first kappa shape index (κ1) is 30.7. The molecule has 4 heteroatoms. The van der Waals surface area contributed by atoms with E-state index in [1.807, 2.05) is 0 Å². The van der Waals surface area contributed by atoms with E-state index in [1.54, 1.807) is 0 Å². The lowest BCUT2D eigenvalue weighted by Gasteiger charge is -2.28. The van der Waals surface area contributed by atoms with Crippen molar-refractivity contribution >= 4 is 45.8 Å². The average molecular weight is 573 g/mol. The molecule has 2 aliphatic rings. The fourth-order valence-corrected chi connectivity index (χ4v) is 6.71. The molecule has 0 fully saturated rings. The summed E-state index contributed by atoms with van der Waals surface area (Å²) < 4.78 is 0. The van der Waals surface area contributed by atoms with E-state index < -0.39 is 0 Å². The van der Waals surface area contributed by atoms with E-state index in [9.17, 15) is 0 Å². The Kier molecular flexibility index (Phi) is 11.6. The lowest BCUT2D eigenvalue weighted by Crippen LogP contribution is -2.29. The number of hydrogen-bond donors (Lipinski definition) is 0. The van der Waals surface area contributed by atoms with Crippen LogP contribution in [0.3, 0.4) is 0 Å². The fourth-order valence-electron chi connectivity index (χ4n) is 5.95. The minimum Gasteiger partial charge on any atom is -0.331 e. The van der Waals surface area contributed by atoms with Gasteiger partial charge in [-0.15, -0.1) is 0 Å². The van der Waals surface area contributed by atoms with Crippen LogP contribution in [0.15, 0.2) is 59.7 Å². The molecule has 0 aliphatic carbocycles. The van der Waals surface area contributed by atoms with Gasteiger partial charge in [-0.05, 0) is 37.8 Å². The van der Waals surface area contributed by atoms with Gasteiger partial charge in [-0.25, -0.2) is 0 Å². The van der Waals surface area contributed by atoms with E-state index in [4.69, 9.17) is 24.4 Å². The van der Waals surface area contributed by atoms with Gasteiger partial charge in [0.25, 0.3) is 0 Å². The second-order valence-electron chi connectivity index (χ2n) is 11.6. The minimum atomic E-state index is 0.947. The van der Waals surface area contributed by atoms with Crippen molar-refractivity contribution in [2.75, 3.05) is 13.1 Å². The third-order valence-electron chi connectivity index (χ3n) is 8.30. The molecule has 0 unspecified atom stereocenters. The predicted molar refractivity (Wildman–Crippen MR) is 182 cm³/mol. The van der Waals surface area contributed by atoms with Crippen LogP contribution in [-0.2, 0) is 0 Å². The van der Waals surface area contributed by atoms with Crippen LogP contribution >= 0.6 is 24.4 Å². The molecule has 0 radical (unpaired) electrons. The Hall–Kier alpha value is -2.30. The molecule has 0 spiro atoms. The van der Waals surface area contributed by atoms with Crippen LogP contribution in [0.1, 0.15) is 113 Å². The molecular weight excluding hydrogens is 525 g/mol. The first-order valence-electron chi connectivity index (χ1n) is 15.7. The molecule has 0 saturated carbocycles. The Morgan fingerprint density at radius 2 is 0.800 bits per heavy atom. The highest BCUT2D eigenvalue weighted by Crippen LogP contribution is 2.48. The Balaban J connectivity index is 1.70. The second-order valence-corrected chi connectivity index (χ2v) is 12.4. The summed E-state index contributed by atoms with van der Waals surface area (Å²) in [5.74, 6) is 0. The molecule has 214 valence electrons. The van der Waals surface area contributed by atoms with Crippen LogP contribution in [0.25, 0.3) is 11.4 Å². The van der Waals surface area contributed by atoms with E-state index in [1.165, 1.54) is 109 Å². The summed E-state index contributed by atoms with van der Waals surface area (Å²) in [6.45, 7) is 10.8. The van der Waals surface area contributed by atoms with Gasteiger partial charge in [0, 0.05) is 24.2 Å². The molecule has 0 bridgehead atoms. The number of nitrogens with zero attached hydrogens (tertiary/aromatic N) is 2. The van der Waals surface area contributed by atoms with Crippen molar-refractivity contribution in [2.24, 2.45) is 0 Å². The van der Waals surface area contributed by atoms with Gasteiger partial charge in [-0.2, -0.15) is 0 Å². The summed E-state index contributed by atoms with van der Waals surface area (Å²) >= 11 is 12.7. The van der Waals surface area contributed by atoms with Crippen LogP contribution in [-0.4, -0.2) is 32.9 Å². The molecule has 0 saturated heterocycles. The Bertz CT molecular complexity index is 1120. The zero-order valence-corrected chi connectivity index (χ0v) is 26.9. The van der Waals surface area contributed by atoms with Crippen molar-refractivity contribution in [3.63, 3.8) is 0 Å². The summed E-state index contributed by atoms with van der Waals surface area (Å²) in [6, 6.07) is 17.9. The van der Waals surface area contributed by atoms with Gasteiger partial charge in [0.05, 0.1) is 11.4 Å². The molecule has 2 aromatic rings. The Morgan fingerprint density at radius 3 is 1.15 bits per heavy atom. The molecule has 0 N–H and O–H groups in total. The minimum absolute atomic E-state index is 0.947. The number of unbranched alkanes of at least 4 members (excludes halogenated alkanes) is 10. The first-order valence-corrected chi connectivity index (χ1v) is 16.6. The number of fused-ring (bicyclic) bond motifs is 1. The zero-order chi connectivity index (χ0) is 28.5. The van der Waals surface area contributed by atoms with E-state index in [-0.39, 0.29) is 0 Å². The smallest absolute Gasteiger partial charge is 0.116 e.